The maximum absolute atomic E-state index is 12.7. The zero-order chi connectivity index (χ0) is 53.4. The molecule has 0 saturated heterocycles. The van der Waals surface area contributed by atoms with Gasteiger partial charge in [-0.3, -0.25) is 0 Å². The van der Waals surface area contributed by atoms with Gasteiger partial charge in [-0.1, -0.05) is 262 Å². The number of aryl methyl sites for hydroxylation is 1. The fourth-order valence-electron chi connectivity index (χ4n) is 14.2. The zero-order valence-electron chi connectivity index (χ0n) is 44.4. The van der Waals surface area contributed by atoms with Gasteiger partial charge in [0.2, 0.25) is 0 Å². The number of hydrogen-bond acceptors (Lipinski definition) is 2. The first-order chi connectivity index (χ1) is 39.6. The predicted molar refractivity (Wildman–Crippen MR) is 333 cm³/mol. The Morgan fingerprint density at radius 1 is 0.312 bits per heavy atom. The summed E-state index contributed by atoms with van der Waals surface area (Å²) in [6.07, 6.45) is 0.835. The molecule has 0 bridgehead atoms. The van der Waals surface area contributed by atoms with E-state index >= 15 is 0 Å². The second kappa shape index (κ2) is 18.9. The number of hydrogen-bond donors (Lipinski definition) is 1. The minimum absolute atomic E-state index is 0.317. The summed E-state index contributed by atoms with van der Waals surface area (Å²) in [5, 5.41) is 17.1. The second-order valence-corrected chi connectivity index (χ2v) is 21.4. The molecule has 15 rings (SSSR count). The van der Waals surface area contributed by atoms with Crippen LogP contribution in [0.5, 0.6) is 5.75 Å². The molecule has 0 fully saturated rings. The summed E-state index contributed by atoms with van der Waals surface area (Å²) in [4.78, 5) is 2.44. The van der Waals surface area contributed by atoms with E-state index in [9.17, 15) is 5.11 Å². The molecule has 2 heteroatoms. The molecule has 1 N–H and O–H groups in total. The van der Waals surface area contributed by atoms with Crippen LogP contribution in [-0.2, 0) is 17.3 Å². The van der Waals surface area contributed by atoms with E-state index in [-0.39, 0.29) is 0 Å². The zero-order valence-corrected chi connectivity index (χ0v) is 44.4. The van der Waals surface area contributed by atoms with Gasteiger partial charge >= 0.3 is 0 Å². The van der Waals surface area contributed by atoms with Crippen LogP contribution in [-0.4, -0.2) is 5.11 Å². The highest BCUT2D eigenvalue weighted by molar-refractivity contribution is 5.98. The molecule has 2 nitrogen and oxygen atoms in total. The number of phenols is 1. The van der Waals surface area contributed by atoms with Gasteiger partial charge in [-0.05, 0) is 148 Å². The second-order valence-electron chi connectivity index (χ2n) is 21.4. The highest BCUT2D eigenvalue weighted by Gasteiger charge is 2.49. The quantitative estimate of drug-likeness (QED) is 0.148. The summed E-state index contributed by atoms with van der Waals surface area (Å²) in [7, 11) is 0. The molecule has 2 aliphatic rings. The predicted octanol–water partition coefficient (Wildman–Crippen LogP) is 19.8. The lowest BCUT2D eigenvalue weighted by Gasteiger charge is -2.36. The van der Waals surface area contributed by atoms with E-state index in [0.29, 0.717) is 5.75 Å². The van der Waals surface area contributed by atoms with Crippen molar-refractivity contribution in [2.75, 3.05) is 4.90 Å². The Balaban J connectivity index is 0.898. The van der Waals surface area contributed by atoms with E-state index < -0.39 is 10.8 Å². The molecule has 0 spiro atoms. The van der Waals surface area contributed by atoms with Crippen LogP contribution in [0.15, 0.2) is 297 Å². The maximum atomic E-state index is 12.7. The summed E-state index contributed by atoms with van der Waals surface area (Å²) in [5.41, 5.74) is 22.0. The topological polar surface area (TPSA) is 23.5 Å². The van der Waals surface area contributed by atoms with Crippen molar-refractivity contribution in [3.63, 3.8) is 0 Å². The number of benzene rings is 13. The van der Waals surface area contributed by atoms with Crippen molar-refractivity contribution in [1.29, 1.82) is 0 Å². The molecule has 0 aliphatic heterocycles. The van der Waals surface area contributed by atoms with Crippen LogP contribution < -0.4 is 4.90 Å². The molecule has 2 aliphatic carbocycles. The smallest absolute Gasteiger partial charge is 0.128 e. The van der Waals surface area contributed by atoms with Gasteiger partial charge in [0.05, 0.1) is 16.5 Å². The Morgan fingerprint density at radius 3 is 1.54 bits per heavy atom. The average Bonchev–Trinajstić information content (AvgIpc) is 3.61. The van der Waals surface area contributed by atoms with Gasteiger partial charge in [-0.2, -0.15) is 0 Å². The number of fused-ring (bicyclic) bond motifs is 8. The molecule has 0 heterocycles. The fourth-order valence-corrected chi connectivity index (χ4v) is 14.2. The summed E-state index contributed by atoms with van der Waals surface area (Å²) < 4.78 is 0. The Bertz CT molecular complexity index is 4500. The van der Waals surface area contributed by atoms with Crippen molar-refractivity contribution >= 4 is 38.6 Å². The minimum atomic E-state index is -0.808. The minimum Gasteiger partial charge on any atom is -0.507 e. The first-order valence-corrected chi connectivity index (χ1v) is 27.9. The molecule has 13 aromatic carbocycles. The van der Waals surface area contributed by atoms with Crippen LogP contribution in [0.4, 0.5) is 17.1 Å². The van der Waals surface area contributed by atoms with E-state index in [1.54, 1.807) is 0 Å². The highest BCUT2D eigenvalue weighted by atomic mass is 16.3. The van der Waals surface area contributed by atoms with Gasteiger partial charge < -0.3 is 10.0 Å². The lowest BCUT2D eigenvalue weighted by Crippen LogP contribution is -2.30. The summed E-state index contributed by atoms with van der Waals surface area (Å²) in [5.74, 6) is 0.317. The van der Waals surface area contributed by atoms with E-state index in [1.807, 2.05) is 18.2 Å². The van der Waals surface area contributed by atoms with E-state index in [2.05, 4.69) is 291 Å². The number of anilines is 3. The molecule has 0 aromatic heterocycles. The van der Waals surface area contributed by atoms with Gasteiger partial charge in [0, 0.05) is 27.9 Å². The molecule has 0 amide bonds. The van der Waals surface area contributed by atoms with Crippen molar-refractivity contribution in [2.45, 2.75) is 24.2 Å². The Morgan fingerprint density at radius 2 is 0.825 bits per heavy atom. The number of phenolic OH excluding ortho intramolecular Hbond substituents is 1. The summed E-state index contributed by atoms with van der Waals surface area (Å²) >= 11 is 0. The number of nitrogens with zero attached hydrogens (tertiary/aromatic N) is 1. The lowest BCUT2D eigenvalue weighted by atomic mass is 9.65. The molecule has 80 heavy (non-hydrogen) atoms. The van der Waals surface area contributed by atoms with Crippen LogP contribution >= 0.6 is 0 Å². The van der Waals surface area contributed by atoms with Crippen molar-refractivity contribution in [3.8, 4) is 50.3 Å². The van der Waals surface area contributed by atoms with Crippen LogP contribution in [0.1, 0.15) is 57.0 Å². The first kappa shape index (κ1) is 47.2. The summed E-state index contributed by atoms with van der Waals surface area (Å²) in [6, 6.07) is 109. The maximum Gasteiger partial charge on any atom is 0.128 e. The number of rotatable bonds is 10. The van der Waals surface area contributed by atoms with Crippen LogP contribution in [0.25, 0.3) is 66.1 Å². The molecule has 1 atom stereocenters. The summed E-state index contributed by atoms with van der Waals surface area (Å²) in [6.45, 7) is 2.27. The molecule has 13 aromatic rings. The van der Waals surface area contributed by atoms with Crippen LogP contribution in [0.3, 0.4) is 0 Å². The Kier molecular flexibility index (Phi) is 11.1. The van der Waals surface area contributed by atoms with E-state index in [0.717, 1.165) is 62.1 Å². The van der Waals surface area contributed by atoms with Crippen molar-refractivity contribution in [1.82, 2.24) is 0 Å². The van der Waals surface area contributed by atoms with Crippen LogP contribution in [0, 0.1) is 0 Å². The third-order valence-electron chi connectivity index (χ3n) is 17.5. The lowest BCUT2D eigenvalue weighted by molar-refractivity contribution is 0.467. The Labute approximate surface area is 467 Å². The van der Waals surface area contributed by atoms with Crippen molar-refractivity contribution in [2.24, 2.45) is 0 Å². The van der Waals surface area contributed by atoms with Gasteiger partial charge in [0.25, 0.3) is 0 Å². The third-order valence-corrected chi connectivity index (χ3v) is 17.5. The highest BCUT2D eigenvalue weighted by Crippen LogP contribution is 2.61. The third kappa shape index (κ3) is 6.98. The van der Waals surface area contributed by atoms with Gasteiger partial charge in [-0.15, -0.1) is 0 Å². The standard InChI is InChI=1S/C78H55NO/c1-2-61-62-33-14-12-23-52(62)41-46-71(61)78(73-48-42-53-24-13-15-35-64(53)76(73)80)70-39-20-17-37-66(70)68-50-55(43-47-72(68)78)54-25-22-26-56(49-54)63-34-18-21-40-75(63)79(59-31-10-5-11-32-59)60-44-45-67-65-36-16-19-38-69(65)77(74(67)51-60,57-27-6-3-7-28-57)58-29-8-4-9-30-58/h3-51,80H,2H2,1H3. The number of aromatic hydroxyl groups is 1. The molecule has 0 saturated carbocycles. The average molecular weight is 1020 g/mol. The van der Waals surface area contributed by atoms with E-state index in [4.69, 9.17) is 0 Å². The fraction of sp³-hybridized carbons (Fsp3) is 0.0513. The Hall–Kier alpha value is -10.0. The monoisotopic (exact) mass is 1020 g/mol. The molecule has 1 unspecified atom stereocenters. The number of para-hydroxylation sites is 2. The van der Waals surface area contributed by atoms with Gasteiger partial charge in [0.15, 0.2) is 0 Å². The SMILES string of the molecule is CCc1c(C2(c3ccc4ccccc4c3O)c3ccccc3-c3cc(-c4cccc(-c5ccccc5N(c5ccccc5)c5ccc6c(c5)C(c5ccccc5)(c5ccccc5)c5ccccc5-6)c4)ccc32)ccc2ccccc12. The molecular weight excluding hydrogens is 967 g/mol. The van der Waals surface area contributed by atoms with E-state index in [1.165, 1.54) is 77.5 Å². The normalized spacial score (nSPS) is 14.6. The first-order valence-electron chi connectivity index (χ1n) is 27.9. The van der Waals surface area contributed by atoms with Gasteiger partial charge in [-0.25, -0.2) is 0 Å². The van der Waals surface area contributed by atoms with Crippen molar-refractivity contribution in [3.05, 3.63) is 347 Å². The van der Waals surface area contributed by atoms with Gasteiger partial charge in [0.1, 0.15) is 5.75 Å². The molecule has 0 radical (unpaired) electrons. The molecular formula is C78H55NO. The van der Waals surface area contributed by atoms with Crippen LogP contribution in [0.2, 0.25) is 0 Å². The molecule has 378 valence electrons. The van der Waals surface area contributed by atoms with Crippen molar-refractivity contribution < 1.29 is 5.11 Å². The largest absolute Gasteiger partial charge is 0.507 e.